The van der Waals surface area contributed by atoms with Crippen LogP contribution >= 0.6 is 0 Å². The molecule has 0 aliphatic carbocycles. The normalized spacial score (nSPS) is 14.7. The lowest BCUT2D eigenvalue weighted by molar-refractivity contribution is 0.0941. The Morgan fingerprint density at radius 3 is 2.57 bits per heavy atom. The van der Waals surface area contributed by atoms with Gasteiger partial charge in [0.05, 0.1) is 0 Å². The Labute approximate surface area is 135 Å². The van der Waals surface area contributed by atoms with Gasteiger partial charge in [0.2, 0.25) is 0 Å². The minimum Gasteiger partial charge on any atom is -0.445 e. The number of carbonyl (C=O) groups excluding carboxylic acids is 1. The lowest BCUT2D eigenvalue weighted by Gasteiger charge is -2.34. The molecule has 6 nitrogen and oxygen atoms in total. The summed E-state index contributed by atoms with van der Waals surface area (Å²) in [5, 5.41) is 0. The number of aromatic nitrogens is 2. The SMILES string of the molecule is Cc1cc(N2CCN(C(=O)OCc3ccccc3)CC2)ncn1. The highest BCUT2D eigenvalue weighted by Gasteiger charge is 2.23. The van der Waals surface area contributed by atoms with Crippen LogP contribution in [0.4, 0.5) is 10.6 Å². The van der Waals surface area contributed by atoms with E-state index in [9.17, 15) is 4.79 Å². The zero-order valence-corrected chi connectivity index (χ0v) is 13.2. The Morgan fingerprint density at radius 1 is 1.13 bits per heavy atom. The summed E-state index contributed by atoms with van der Waals surface area (Å²) in [6, 6.07) is 11.7. The molecule has 1 saturated heterocycles. The van der Waals surface area contributed by atoms with Crippen LogP contribution in [0.5, 0.6) is 0 Å². The molecule has 1 aromatic heterocycles. The molecule has 3 rings (SSSR count). The highest BCUT2D eigenvalue weighted by molar-refractivity contribution is 5.68. The number of hydrogen-bond acceptors (Lipinski definition) is 5. The highest BCUT2D eigenvalue weighted by Crippen LogP contribution is 2.14. The van der Waals surface area contributed by atoms with E-state index >= 15 is 0 Å². The first kappa shape index (κ1) is 15.3. The van der Waals surface area contributed by atoms with Crippen molar-refractivity contribution in [3.8, 4) is 0 Å². The molecule has 0 spiro atoms. The monoisotopic (exact) mass is 312 g/mol. The molecule has 0 N–H and O–H groups in total. The van der Waals surface area contributed by atoms with Crippen molar-refractivity contribution in [2.75, 3.05) is 31.1 Å². The Hall–Kier alpha value is -2.63. The van der Waals surface area contributed by atoms with Crippen LogP contribution in [0, 0.1) is 6.92 Å². The lowest BCUT2D eigenvalue weighted by atomic mass is 10.2. The fourth-order valence-corrected chi connectivity index (χ4v) is 2.54. The standard InChI is InChI=1S/C17H20N4O2/c1-14-11-16(19-13-18-14)20-7-9-21(10-8-20)17(22)23-12-15-5-3-2-4-6-15/h2-6,11,13H,7-10,12H2,1H3. The Bertz CT molecular complexity index is 655. The summed E-state index contributed by atoms with van der Waals surface area (Å²) >= 11 is 0. The molecule has 0 radical (unpaired) electrons. The fraction of sp³-hybridized carbons (Fsp3) is 0.353. The van der Waals surface area contributed by atoms with E-state index in [0.29, 0.717) is 19.7 Å². The number of aryl methyl sites for hydroxylation is 1. The van der Waals surface area contributed by atoms with Crippen molar-refractivity contribution in [1.82, 2.24) is 14.9 Å². The van der Waals surface area contributed by atoms with E-state index in [2.05, 4.69) is 14.9 Å². The number of benzene rings is 1. The number of ether oxygens (including phenoxy) is 1. The quantitative estimate of drug-likeness (QED) is 0.870. The van der Waals surface area contributed by atoms with Gasteiger partial charge in [-0.2, -0.15) is 0 Å². The number of carbonyl (C=O) groups is 1. The average molecular weight is 312 g/mol. The summed E-state index contributed by atoms with van der Waals surface area (Å²) < 4.78 is 5.37. The van der Waals surface area contributed by atoms with Gasteiger partial charge in [0.25, 0.3) is 0 Å². The van der Waals surface area contributed by atoms with Crippen LogP contribution in [0.25, 0.3) is 0 Å². The maximum atomic E-state index is 12.1. The molecule has 120 valence electrons. The van der Waals surface area contributed by atoms with Gasteiger partial charge in [-0.25, -0.2) is 14.8 Å². The van der Waals surface area contributed by atoms with Gasteiger partial charge < -0.3 is 14.5 Å². The van der Waals surface area contributed by atoms with Gasteiger partial charge in [-0.1, -0.05) is 30.3 Å². The molecule has 0 unspecified atom stereocenters. The summed E-state index contributed by atoms with van der Waals surface area (Å²) in [4.78, 5) is 24.4. The van der Waals surface area contributed by atoms with Crippen LogP contribution < -0.4 is 4.90 Å². The number of piperazine rings is 1. The molecule has 1 aliphatic rings. The van der Waals surface area contributed by atoms with Gasteiger partial charge in [0.1, 0.15) is 18.8 Å². The third-order valence-electron chi connectivity index (χ3n) is 3.86. The second-order valence-corrected chi connectivity index (χ2v) is 5.53. The van der Waals surface area contributed by atoms with E-state index in [-0.39, 0.29) is 6.09 Å². The highest BCUT2D eigenvalue weighted by atomic mass is 16.6. The number of anilines is 1. The second kappa shape index (κ2) is 7.09. The lowest BCUT2D eigenvalue weighted by Crippen LogP contribution is -2.49. The van der Waals surface area contributed by atoms with Gasteiger partial charge in [-0.05, 0) is 12.5 Å². The van der Waals surface area contributed by atoms with Crippen molar-refractivity contribution in [3.63, 3.8) is 0 Å². The van der Waals surface area contributed by atoms with Crippen LogP contribution in [-0.4, -0.2) is 47.1 Å². The molecular formula is C17H20N4O2. The first-order valence-corrected chi connectivity index (χ1v) is 7.71. The second-order valence-electron chi connectivity index (χ2n) is 5.53. The van der Waals surface area contributed by atoms with E-state index < -0.39 is 0 Å². The number of hydrogen-bond donors (Lipinski definition) is 0. The van der Waals surface area contributed by atoms with Crippen LogP contribution in [0.1, 0.15) is 11.3 Å². The zero-order valence-electron chi connectivity index (χ0n) is 13.2. The summed E-state index contributed by atoms with van der Waals surface area (Å²) in [6.07, 6.45) is 1.32. The topological polar surface area (TPSA) is 58.6 Å². The van der Waals surface area contributed by atoms with Crippen molar-refractivity contribution >= 4 is 11.9 Å². The van der Waals surface area contributed by atoms with Gasteiger partial charge in [-0.3, -0.25) is 0 Å². The van der Waals surface area contributed by atoms with Gasteiger partial charge >= 0.3 is 6.09 Å². The van der Waals surface area contributed by atoms with Crippen LogP contribution in [0.2, 0.25) is 0 Å². The van der Waals surface area contributed by atoms with Crippen LogP contribution in [0.3, 0.4) is 0 Å². The first-order chi connectivity index (χ1) is 11.2. The minimum atomic E-state index is -0.257. The molecule has 0 bridgehead atoms. The molecule has 0 atom stereocenters. The number of amides is 1. The predicted octanol–water partition coefficient (Wildman–Crippen LogP) is 2.24. The van der Waals surface area contributed by atoms with Gasteiger partial charge in [0.15, 0.2) is 0 Å². The molecule has 2 aromatic rings. The largest absolute Gasteiger partial charge is 0.445 e. The van der Waals surface area contributed by atoms with E-state index in [0.717, 1.165) is 30.2 Å². The van der Waals surface area contributed by atoms with Crippen molar-refractivity contribution in [2.24, 2.45) is 0 Å². The van der Waals surface area contributed by atoms with Crippen molar-refractivity contribution in [2.45, 2.75) is 13.5 Å². The Morgan fingerprint density at radius 2 is 1.87 bits per heavy atom. The Kier molecular flexibility index (Phi) is 4.71. The molecule has 6 heteroatoms. The summed E-state index contributed by atoms with van der Waals surface area (Å²) in [5.41, 5.74) is 1.94. The number of nitrogens with zero attached hydrogens (tertiary/aromatic N) is 4. The first-order valence-electron chi connectivity index (χ1n) is 7.71. The third kappa shape index (κ3) is 3.97. The maximum Gasteiger partial charge on any atom is 0.410 e. The Balaban J connectivity index is 1.49. The molecule has 1 aromatic carbocycles. The summed E-state index contributed by atoms with van der Waals surface area (Å²) in [5.74, 6) is 0.912. The maximum absolute atomic E-state index is 12.1. The zero-order chi connectivity index (χ0) is 16.1. The van der Waals surface area contributed by atoms with Crippen molar-refractivity contribution in [1.29, 1.82) is 0 Å². The molecule has 1 amide bonds. The van der Waals surface area contributed by atoms with Crippen LogP contribution in [0.15, 0.2) is 42.7 Å². The average Bonchev–Trinajstić information content (AvgIpc) is 2.61. The molecule has 1 aliphatic heterocycles. The summed E-state index contributed by atoms with van der Waals surface area (Å²) in [6.45, 7) is 5.02. The third-order valence-corrected chi connectivity index (χ3v) is 3.86. The van der Waals surface area contributed by atoms with Crippen molar-refractivity contribution in [3.05, 3.63) is 54.0 Å². The molecular weight excluding hydrogens is 292 g/mol. The predicted molar refractivity (Wildman–Crippen MR) is 87.2 cm³/mol. The van der Waals surface area contributed by atoms with Gasteiger partial charge in [0, 0.05) is 37.9 Å². The minimum absolute atomic E-state index is 0.257. The van der Waals surface area contributed by atoms with Crippen LogP contribution in [-0.2, 0) is 11.3 Å². The van der Waals surface area contributed by atoms with E-state index in [4.69, 9.17) is 4.74 Å². The van der Waals surface area contributed by atoms with Gasteiger partial charge in [-0.15, -0.1) is 0 Å². The van der Waals surface area contributed by atoms with Crippen molar-refractivity contribution < 1.29 is 9.53 Å². The number of rotatable bonds is 3. The smallest absolute Gasteiger partial charge is 0.410 e. The molecule has 23 heavy (non-hydrogen) atoms. The molecule has 1 fully saturated rings. The fourth-order valence-electron chi connectivity index (χ4n) is 2.54. The van der Waals surface area contributed by atoms with E-state index in [1.54, 1.807) is 11.2 Å². The summed E-state index contributed by atoms with van der Waals surface area (Å²) in [7, 11) is 0. The van der Waals surface area contributed by atoms with E-state index in [1.807, 2.05) is 43.3 Å². The van der Waals surface area contributed by atoms with E-state index in [1.165, 1.54) is 0 Å². The molecule has 0 saturated carbocycles. The molecule has 2 heterocycles.